The molecule has 0 radical (unpaired) electrons. The van der Waals surface area contributed by atoms with E-state index in [1.807, 2.05) is 0 Å². The Kier molecular flexibility index (Phi) is 6.24. The molecule has 1 atom stereocenters. The number of hydrogen-bond donors (Lipinski definition) is 0. The van der Waals surface area contributed by atoms with Gasteiger partial charge < -0.3 is 0 Å². The number of allylic oxidation sites excluding steroid dienone is 5. The molecule has 0 amide bonds. The predicted molar refractivity (Wildman–Crippen MR) is 98.1 cm³/mol. The van der Waals surface area contributed by atoms with E-state index >= 15 is 0 Å². The summed E-state index contributed by atoms with van der Waals surface area (Å²) in [6.07, 6.45) is 12.7. The van der Waals surface area contributed by atoms with Gasteiger partial charge >= 0.3 is 0 Å². The third-order valence-electron chi connectivity index (χ3n) is 4.34. The summed E-state index contributed by atoms with van der Waals surface area (Å²) in [5, 5.41) is 0. The molecule has 22 heavy (non-hydrogen) atoms. The molecule has 118 valence electrons. The molecule has 0 spiro atoms. The highest BCUT2D eigenvalue weighted by Crippen LogP contribution is 2.26. The molecule has 0 saturated carbocycles. The molecule has 0 nitrogen and oxygen atoms in total. The highest BCUT2D eigenvalue weighted by atomic mass is 14.2. The lowest BCUT2D eigenvalue weighted by molar-refractivity contribution is 0.647. The molecule has 0 aromatic heterocycles. The average Bonchev–Trinajstić information content (AvgIpc) is 2.50. The summed E-state index contributed by atoms with van der Waals surface area (Å²) in [7, 11) is 0. The van der Waals surface area contributed by atoms with E-state index in [-0.39, 0.29) is 0 Å². The Balaban J connectivity index is 1.89. The van der Waals surface area contributed by atoms with Crippen molar-refractivity contribution in [2.24, 2.45) is 11.8 Å². The summed E-state index contributed by atoms with van der Waals surface area (Å²) in [6, 6.07) is 9.10. The topological polar surface area (TPSA) is 0 Å². The first-order chi connectivity index (χ1) is 10.6. The zero-order chi connectivity index (χ0) is 15.9. The molecule has 0 saturated heterocycles. The van der Waals surface area contributed by atoms with Crippen LogP contribution in [0.3, 0.4) is 0 Å². The van der Waals surface area contributed by atoms with Crippen LogP contribution in [0, 0.1) is 11.8 Å². The Morgan fingerprint density at radius 2 is 1.86 bits per heavy atom. The lowest BCUT2D eigenvalue weighted by Gasteiger charge is -2.19. The van der Waals surface area contributed by atoms with Gasteiger partial charge in [-0.1, -0.05) is 87.4 Å². The van der Waals surface area contributed by atoms with E-state index < -0.39 is 0 Å². The van der Waals surface area contributed by atoms with Gasteiger partial charge in [-0.05, 0) is 42.7 Å². The first-order valence-corrected chi connectivity index (χ1v) is 8.71. The third kappa shape index (κ3) is 5.02. The minimum Gasteiger partial charge on any atom is -0.0989 e. The van der Waals surface area contributed by atoms with E-state index in [0.717, 1.165) is 25.2 Å². The smallest absolute Gasteiger partial charge is 0.00153 e. The average molecular weight is 294 g/mol. The highest BCUT2D eigenvalue weighted by Gasteiger charge is 2.12. The van der Waals surface area contributed by atoms with Gasteiger partial charge in [-0.25, -0.2) is 0 Å². The van der Waals surface area contributed by atoms with Gasteiger partial charge in [-0.15, -0.1) is 0 Å². The standard InChI is InChI=1S/C22H30/c1-5-6-19-11-13-22(14-12-19)18(4)16-21-9-7-20(8-10-21)15-17(2)3/h7-13,17,22H,4-6,14-16H2,1-3H3. The highest BCUT2D eigenvalue weighted by molar-refractivity contribution is 5.31. The Bertz CT molecular complexity index is 540. The minimum absolute atomic E-state index is 0.510. The van der Waals surface area contributed by atoms with Crippen molar-refractivity contribution >= 4 is 0 Å². The van der Waals surface area contributed by atoms with Crippen LogP contribution >= 0.6 is 0 Å². The predicted octanol–water partition coefficient (Wildman–Crippen LogP) is 6.29. The van der Waals surface area contributed by atoms with Gasteiger partial charge in [0, 0.05) is 5.92 Å². The third-order valence-corrected chi connectivity index (χ3v) is 4.34. The van der Waals surface area contributed by atoms with E-state index in [2.05, 4.69) is 69.8 Å². The summed E-state index contributed by atoms with van der Waals surface area (Å²) < 4.78 is 0. The quantitative estimate of drug-likeness (QED) is 0.519. The van der Waals surface area contributed by atoms with Crippen LogP contribution < -0.4 is 0 Å². The maximum Gasteiger partial charge on any atom is 0.00153 e. The molecule has 0 heterocycles. The van der Waals surface area contributed by atoms with Crippen LogP contribution in [0.1, 0.15) is 51.2 Å². The second kappa shape index (κ2) is 8.17. The van der Waals surface area contributed by atoms with Crippen LogP contribution in [-0.4, -0.2) is 0 Å². The van der Waals surface area contributed by atoms with Gasteiger partial charge in [0.05, 0.1) is 0 Å². The Morgan fingerprint density at radius 3 is 2.41 bits per heavy atom. The van der Waals surface area contributed by atoms with Crippen molar-refractivity contribution in [1.82, 2.24) is 0 Å². The summed E-state index contributed by atoms with van der Waals surface area (Å²) in [5.41, 5.74) is 5.65. The van der Waals surface area contributed by atoms with Gasteiger partial charge in [-0.2, -0.15) is 0 Å². The first kappa shape index (κ1) is 16.8. The first-order valence-electron chi connectivity index (χ1n) is 8.71. The molecule has 1 unspecified atom stereocenters. The van der Waals surface area contributed by atoms with Gasteiger partial charge in [-0.3, -0.25) is 0 Å². The van der Waals surface area contributed by atoms with E-state index in [1.165, 1.54) is 35.1 Å². The molecule has 0 aliphatic heterocycles. The normalized spacial score (nSPS) is 17.6. The van der Waals surface area contributed by atoms with E-state index in [9.17, 15) is 0 Å². The SMILES string of the molecule is C=C(Cc1ccc(CC(C)C)cc1)C1C=CC(CCC)=CC1. The second-order valence-corrected chi connectivity index (χ2v) is 6.98. The van der Waals surface area contributed by atoms with Crippen LogP contribution in [0.25, 0.3) is 0 Å². The zero-order valence-electron chi connectivity index (χ0n) is 14.4. The minimum atomic E-state index is 0.510. The van der Waals surface area contributed by atoms with Crippen LogP contribution in [-0.2, 0) is 12.8 Å². The molecular weight excluding hydrogens is 264 g/mol. The number of hydrogen-bond acceptors (Lipinski definition) is 0. The number of benzene rings is 1. The molecule has 1 aliphatic rings. The van der Waals surface area contributed by atoms with Crippen molar-refractivity contribution in [3.05, 3.63) is 71.3 Å². The maximum absolute atomic E-state index is 4.33. The summed E-state index contributed by atoms with van der Waals surface area (Å²) in [5.74, 6) is 1.23. The Labute approximate surface area is 136 Å². The summed E-state index contributed by atoms with van der Waals surface area (Å²) in [4.78, 5) is 0. The number of rotatable bonds is 7. The maximum atomic E-state index is 4.33. The monoisotopic (exact) mass is 294 g/mol. The molecule has 0 heteroatoms. The van der Waals surface area contributed by atoms with E-state index in [4.69, 9.17) is 0 Å². The van der Waals surface area contributed by atoms with E-state index in [1.54, 1.807) is 0 Å². The van der Waals surface area contributed by atoms with Crippen LogP contribution in [0.5, 0.6) is 0 Å². The van der Waals surface area contributed by atoms with Crippen LogP contribution in [0.2, 0.25) is 0 Å². The molecule has 0 N–H and O–H groups in total. The summed E-state index contributed by atoms with van der Waals surface area (Å²) >= 11 is 0. The van der Waals surface area contributed by atoms with E-state index in [0.29, 0.717) is 5.92 Å². The molecule has 1 aromatic rings. The molecule has 0 bridgehead atoms. The van der Waals surface area contributed by atoms with Gasteiger partial charge in [0.1, 0.15) is 0 Å². The zero-order valence-corrected chi connectivity index (χ0v) is 14.4. The lowest BCUT2D eigenvalue weighted by atomic mass is 9.86. The second-order valence-electron chi connectivity index (χ2n) is 6.98. The molecule has 1 aromatic carbocycles. The Hall–Kier alpha value is -1.56. The fraction of sp³-hybridized carbons (Fsp3) is 0.455. The Morgan fingerprint density at radius 1 is 1.18 bits per heavy atom. The van der Waals surface area contributed by atoms with Crippen LogP contribution in [0.4, 0.5) is 0 Å². The van der Waals surface area contributed by atoms with Crippen molar-refractivity contribution in [3.8, 4) is 0 Å². The fourth-order valence-electron chi connectivity index (χ4n) is 3.10. The molecule has 2 rings (SSSR count). The van der Waals surface area contributed by atoms with Crippen molar-refractivity contribution in [1.29, 1.82) is 0 Å². The van der Waals surface area contributed by atoms with Gasteiger partial charge in [0.25, 0.3) is 0 Å². The van der Waals surface area contributed by atoms with Crippen molar-refractivity contribution < 1.29 is 0 Å². The molecular formula is C22H30. The van der Waals surface area contributed by atoms with Crippen LogP contribution in [0.15, 0.2) is 60.2 Å². The van der Waals surface area contributed by atoms with Crippen molar-refractivity contribution in [2.75, 3.05) is 0 Å². The van der Waals surface area contributed by atoms with Gasteiger partial charge in [0.2, 0.25) is 0 Å². The fourth-order valence-corrected chi connectivity index (χ4v) is 3.10. The van der Waals surface area contributed by atoms with Gasteiger partial charge in [0.15, 0.2) is 0 Å². The largest absolute Gasteiger partial charge is 0.0989 e. The van der Waals surface area contributed by atoms with Crippen molar-refractivity contribution in [2.45, 2.75) is 52.9 Å². The van der Waals surface area contributed by atoms with Crippen molar-refractivity contribution in [3.63, 3.8) is 0 Å². The molecule has 0 fully saturated rings. The lowest BCUT2D eigenvalue weighted by Crippen LogP contribution is -2.05. The summed E-state index contributed by atoms with van der Waals surface area (Å²) in [6.45, 7) is 11.1. The molecule has 1 aliphatic carbocycles.